The Morgan fingerprint density at radius 3 is 2.42 bits per heavy atom. The largest absolute Gasteiger partial charge is 0.506 e. The van der Waals surface area contributed by atoms with E-state index in [-0.39, 0.29) is 16.9 Å². The van der Waals surface area contributed by atoms with E-state index < -0.39 is 41.4 Å². The van der Waals surface area contributed by atoms with Crippen LogP contribution in [0.4, 0.5) is 8.78 Å². The van der Waals surface area contributed by atoms with E-state index in [0.717, 1.165) is 6.07 Å². The molecule has 0 spiro atoms. The minimum absolute atomic E-state index is 0. The fourth-order valence-electron chi connectivity index (χ4n) is 1.39. The van der Waals surface area contributed by atoms with Crippen LogP contribution in [0.2, 0.25) is 0 Å². The third kappa shape index (κ3) is 3.53. The van der Waals surface area contributed by atoms with Crippen molar-refractivity contribution in [2.75, 3.05) is 6.61 Å². The number of alkyl halides is 2. The van der Waals surface area contributed by atoms with Gasteiger partial charge in [0.1, 0.15) is 18.4 Å². The number of phenolic OH excluding ortho intramolecular Hbond substituents is 1. The smallest absolute Gasteiger partial charge is 0.336 e. The lowest BCUT2D eigenvalue weighted by Gasteiger charge is -2.24. The Labute approximate surface area is 121 Å². The first kappa shape index (κ1) is 18.0. The summed E-state index contributed by atoms with van der Waals surface area (Å²) < 4.78 is 26.6. The van der Waals surface area contributed by atoms with Gasteiger partial charge in [-0.05, 0) is 28.1 Å². The molecule has 19 heavy (non-hydrogen) atoms. The molecular formula is C10H11BrClF2NO4. The van der Waals surface area contributed by atoms with Gasteiger partial charge in [0.05, 0.1) is 10.0 Å². The average Bonchev–Trinajstić information content (AvgIpc) is 2.31. The minimum atomic E-state index is -3.75. The molecule has 0 unspecified atom stereocenters. The molecule has 0 heterocycles. The molecule has 1 aromatic carbocycles. The highest BCUT2D eigenvalue weighted by Crippen LogP contribution is 2.39. The first-order valence-electron chi connectivity index (χ1n) is 4.71. The molecule has 0 aromatic heterocycles. The monoisotopic (exact) mass is 361 g/mol. The van der Waals surface area contributed by atoms with Gasteiger partial charge in [-0.2, -0.15) is 0 Å². The Balaban J connectivity index is 0.00000324. The number of carbonyl (C=O) groups is 1. The van der Waals surface area contributed by atoms with E-state index in [2.05, 4.69) is 15.9 Å². The molecule has 0 saturated carbocycles. The van der Waals surface area contributed by atoms with Crippen LogP contribution in [0.1, 0.15) is 22.0 Å². The highest BCUT2D eigenvalue weighted by Gasteiger charge is 2.41. The van der Waals surface area contributed by atoms with Crippen molar-refractivity contribution in [1.29, 1.82) is 0 Å². The second-order valence-corrected chi connectivity index (χ2v) is 4.41. The van der Waals surface area contributed by atoms with Gasteiger partial charge < -0.3 is 21.1 Å². The molecule has 0 aliphatic heterocycles. The van der Waals surface area contributed by atoms with E-state index in [9.17, 15) is 18.7 Å². The number of aliphatic hydroxyl groups excluding tert-OH is 1. The number of halogens is 4. The van der Waals surface area contributed by atoms with E-state index in [1.165, 1.54) is 6.07 Å². The number of hydrogen-bond donors (Lipinski definition) is 4. The van der Waals surface area contributed by atoms with Gasteiger partial charge in [-0.15, -0.1) is 12.4 Å². The fraction of sp³-hybridized carbons (Fsp3) is 0.300. The van der Waals surface area contributed by atoms with Gasteiger partial charge >= 0.3 is 5.97 Å². The summed E-state index contributed by atoms with van der Waals surface area (Å²) in [4.78, 5) is 10.9. The number of aromatic hydroxyl groups is 1. The standard InChI is InChI=1S/C10H10BrF2NO4.ClH/c11-5-2-1-4(9(17)18)6(7(5)16)8(14)10(12,13)3-15;/h1-2,8,15-16H,3,14H2,(H,17,18);1H/t8-;/m0./s1. The summed E-state index contributed by atoms with van der Waals surface area (Å²) in [6.45, 7) is -1.56. The number of phenols is 1. The van der Waals surface area contributed by atoms with Crippen molar-refractivity contribution < 1.29 is 28.9 Å². The summed E-state index contributed by atoms with van der Waals surface area (Å²) in [6, 6.07) is 0.104. The normalized spacial score (nSPS) is 12.7. The number of nitrogens with two attached hydrogens (primary N) is 1. The molecule has 5 nitrogen and oxygen atoms in total. The van der Waals surface area contributed by atoms with Gasteiger partial charge in [0.25, 0.3) is 5.92 Å². The third-order valence-electron chi connectivity index (χ3n) is 2.38. The summed E-state index contributed by atoms with van der Waals surface area (Å²) >= 11 is 2.88. The Morgan fingerprint density at radius 2 is 2.00 bits per heavy atom. The Bertz CT molecular complexity index is 487. The summed E-state index contributed by atoms with van der Waals surface area (Å²) in [7, 11) is 0. The molecule has 0 radical (unpaired) electrons. The second kappa shape index (κ2) is 6.47. The topological polar surface area (TPSA) is 104 Å². The molecular weight excluding hydrogens is 351 g/mol. The molecule has 1 rings (SSSR count). The lowest BCUT2D eigenvalue weighted by Crippen LogP contribution is -2.37. The van der Waals surface area contributed by atoms with Crippen LogP contribution in [-0.2, 0) is 0 Å². The van der Waals surface area contributed by atoms with Gasteiger partial charge in [-0.1, -0.05) is 0 Å². The number of carboxylic acid groups (broad SMARTS) is 1. The molecule has 0 amide bonds. The minimum Gasteiger partial charge on any atom is -0.506 e. The van der Waals surface area contributed by atoms with Crippen LogP contribution in [-0.4, -0.2) is 33.8 Å². The Hall–Kier alpha value is -0.960. The Kier molecular flexibility index (Phi) is 6.14. The molecule has 0 saturated heterocycles. The van der Waals surface area contributed by atoms with E-state index in [1.807, 2.05) is 0 Å². The maximum atomic E-state index is 13.3. The number of aromatic carboxylic acids is 1. The lowest BCUT2D eigenvalue weighted by molar-refractivity contribution is -0.0717. The van der Waals surface area contributed by atoms with Crippen molar-refractivity contribution in [2.24, 2.45) is 5.73 Å². The molecule has 0 fully saturated rings. The second-order valence-electron chi connectivity index (χ2n) is 3.56. The van der Waals surface area contributed by atoms with Crippen molar-refractivity contribution in [1.82, 2.24) is 0 Å². The summed E-state index contributed by atoms with van der Waals surface area (Å²) in [5, 5.41) is 27.1. The van der Waals surface area contributed by atoms with Crippen molar-refractivity contribution in [3.8, 4) is 5.75 Å². The first-order valence-corrected chi connectivity index (χ1v) is 5.50. The van der Waals surface area contributed by atoms with Gasteiger partial charge in [-0.3, -0.25) is 0 Å². The first-order chi connectivity index (χ1) is 8.22. The number of rotatable bonds is 4. The fourth-order valence-corrected chi connectivity index (χ4v) is 1.74. The predicted octanol–water partition coefficient (Wildman–Crippen LogP) is 1.90. The third-order valence-corrected chi connectivity index (χ3v) is 3.01. The summed E-state index contributed by atoms with van der Waals surface area (Å²) in [6.07, 6.45) is 0. The van der Waals surface area contributed by atoms with E-state index >= 15 is 0 Å². The van der Waals surface area contributed by atoms with E-state index in [1.54, 1.807) is 0 Å². The van der Waals surface area contributed by atoms with Crippen LogP contribution in [0.25, 0.3) is 0 Å². The number of aliphatic hydroxyl groups is 1. The molecule has 0 bridgehead atoms. The summed E-state index contributed by atoms with van der Waals surface area (Å²) in [5.74, 6) is -5.94. The van der Waals surface area contributed by atoms with Crippen LogP contribution in [0, 0.1) is 0 Å². The number of carboxylic acids is 1. The van der Waals surface area contributed by atoms with Crippen LogP contribution in [0.15, 0.2) is 16.6 Å². The molecule has 1 atom stereocenters. The zero-order valence-corrected chi connectivity index (χ0v) is 11.7. The van der Waals surface area contributed by atoms with Crippen LogP contribution < -0.4 is 5.73 Å². The van der Waals surface area contributed by atoms with E-state index in [0.29, 0.717) is 0 Å². The average molecular weight is 363 g/mol. The SMILES string of the molecule is Cl.N[C@@H](c1c(C(=O)O)ccc(Br)c1O)C(F)(F)CO. The molecule has 1 aromatic rings. The zero-order chi connectivity index (χ0) is 14.1. The van der Waals surface area contributed by atoms with Crippen molar-refractivity contribution >= 4 is 34.3 Å². The molecule has 0 aliphatic rings. The molecule has 9 heteroatoms. The zero-order valence-electron chi connectivity index (χ0n) is 9.31. The van der Waals surface area contributed by atoms with Gasteiger partial charge in [-0.25, -0.2) is 13.6 Å². The van der Waals surface area contributed by atoms with Gasteiger partial charge in [0.15, 0.2) is 0 Å². The quantitative estimate of drug-likeness (QED) is 0.655. The summed E-state index contributed by atoms with van der Waals surface area (Å²) in [5.41, 5.74) is 4.06. The number of benzene rings is 1. The van der Waals surface area contributed by atoms with Crippen LogP contribution in [0.3, 0.4) is 0 Å². The highest BCUT2D eigenvalue weighted by atomic mass is 79.9. The van der Waals surface area contributed by atoms with Crippen molar-refractivity contribution in [3.05, 3.63) is 27.7 Å². The highest BCUT2D eigenvalue weighted by molar-refractivity contribution is 9.10. The maximum absolute atomic E-state index is 13.3. The lowest BCUT2D eigenvalue weighted by atomic mass is 9.95. The molecule has 108 valence electrons. The number of hydrogen-bond acceptors (Lipinski definition) is 4. The van der Waals surface area contributed by atoms with Crippen molar-refractivity contribution in [2.45, 2.75) is 12.0 Å². The molecule has 0 aliphatic carbocycles. The van der Waals surface area contributed by atoms with E-state index in [4.69, 9.17) is 15.9 Å². The van der Waals surface area contributed by atoms with Crippen molar-refractivity contribution in [3.63, 3.8) is 0 Å². The van der Waals surface area contributed by atoms with Crippen LogP contribution in [0.5, 0.6) is 5.75 Å². The Morgan fingerprint density at radius 1 is 1.47 bits per heavy atom. The predicted molar refractivity (Wildman–Crippen MR) is 69.0 cm³/mol. The van der Waals surface area contributed by atoms with Crippen LogP contribution >= 0.6 is 28.3 Å². The van der Waals surface area contributed by atoms with Gasteiger partial charge in [0.2, 0.25) is 0 Å². The van der Waals surface area contributed by atoms with Gasteiger partial charge in [0, 0.05) is 5.56 Å². The molecule has 5 N–H and O–H groups in total. The maximum Gasteiger partial charge on any atom is 0.336 e.